The number of fused-ring (bicyclic) bond motifs is 1. The highest BCUT2D eigenvalue weighted by Crippen LogP contribution is 2.33. The Hall–Kier alpha value is -1.19. The van der Waals surface area contributed by atoms with Gasteiger partial charge in [0.15, 0.2) is 0 Å². The highest BCUT2D eigenvalue weighted by Gasteiger charge is 2.11. The maximum atomic E-state index is 8.93. The lowest BCUT2D eigenvalue weighted by atomic mass is 10.1. The van der Waals surface area contributed by atoms with Crippen molar-refractivity contribution < 1.29 is 9.84 Å². The number of hydrogen-bond acceptors (Lipinski definition) is 2. The highest BCUT2D eigenvalue weighted by atomic mass is 35.5. The van der Waals surface area contributed by atoms with E-state index in [-0.39, 0.29) is 6.61 Å². The standard InChI is InChI=1S/C11H12ClNO2/c1-15-9-3-2-8(12)10-7(4-5-14)6-13-11(9)10/h2-3,6,13-14H,4-5H2,1H3. The van der Waals surface area contributed by atoms with Gasteiger partial charge in [-0.05, 0) is 24.1 Å². The lowest BCUT2D eigenvalue weighted by molar-refractivity contribution is 0.300. The summed E-state index contributed by atoms with van der Waals surface area (Å²) in [4.78, 5) is 3.11. The minimum Gasteiger partial charge on any atom is -0.495 e. The van der Waals surface area contributed by atoms with E-state index in [1.807, 2.05) is 12.3 Å². The molecule has 3 nitrogen and oxygen atoms in total. The Balaban J connectivity index is 2.67. The molecule has 2 N–H and O–H groups in total. The van der Waals surface area contributed by atoms with Gasteiger partial charge in [-0.3, -0.25) is 0 Å². The average molecular weight is 226 g/mol. The van der Waals surface area contributed by atoms with Crippen LogP contribution < -0.4 is 4.74 Å². The maximum Gasteiger partial charge on any atom is 0.143 e. The molecule has 0 bridgehead atoms. The SMILES string of the molecule is COc1ccc(Cl)c2c(CCO)c[nH]c12. The van der Waals surface area contributed by atoms with E-state index in [0.29, 0.717) is 11.4 Å². The van der Waals surface area contributed by atoms with Crippen LogP contribution in [-0.2, 0) is 6.42 Å². The van der Waals surface area contributed by atoms with Gasteiger partial charge >= 0.3 is 0 Å². The summed E-state index contributed by atoms with van der Waals surface area (Å²) in [7, 11) is 1.62. The third-order valence-electron chi connectivity index (χ3n) is 2.43. The van der Waals surface area contributed by atoms with Crippen LogP contribution in [-0.4, -0.2) is 23.8 Å². The first-order valence-corrected chi connectivity index (χ1v) is 5.09. The minimum absolute atomic E-state index is 0.112. The summed E-state index contributed by atoms with van der Waals surface area (Å²) in [6.07, 6.45) is 2.45. The largest absolute Gasteiger partial charge is 0.495 e. The molecule has 0 amide bonds. The van der Waals surface area contributed by atoms with Gasteiger partial charge in [0.1, 0.15) is 5.75 Å². The Morgan fingerprint density at radius 2 is 2.27 bits per heavy atom. The van der Waals surface area contributed by atoms with Crippen LogP contribution in [0.5, 0.6) is 5.75 Å². The molecule has 1 aromatic carbocycles. The van der Waals surface area contributed by atoms with Crippen molar-refractivity contribution in [1.29, 1.82) is 0 Å². The number of benzene rings is 1. The molecule has 0 aliphatic carbocycles. The van der Waals surface area contributed by atoms with Crippen LogP contribution in [0.2, 0.25) is 5.02 Å². The van der Waals surface area contributed by atoms with Gasteiger partial charge < -0.3 is 14.8 Å². The van der Waals surface area contributed by atoms with Gasteiger partial charge in [0.25, 0.3) is 0 Å². The molecule has 2 rings (SSSR count). The van der Waals surface area contributed by atoms with Gasteiger partial charge in [-0.15, -0.1) is 0 Å². The van der Waals surface area contributed by atoms with Crippen LogP contribution in [0.25, 0.3) is 10.9 Å². The molecule has 4 heteroatoms. The second kappa shape index (κ2) is 4.13. The fourth-order valence-electron chi connectivity index (χ4n) is 1.73. The number of halogens is 1. The van der Waals surface area contributed by atoms with Crippen LogP contribution in [0.1, 0.15) is 5.56 Å². The topological polar surface area (TPSA) is 45.2 Å². The Kier molecular flexibility index (Phi) is 2.84. The number of ether oxygens (including phenoxy) is 1. The number of aromatic amines is 1. The molecule has 0 radical (unpaired) electrons. The van der Waals surface area contributed by atoms with E-state index < -0.39 is 0 Å². The van der Waals surface area contributed by atoms with E-state index in [9.17, 15) is 0 Å². The van der Waals surface area contributed by atoms with E-state index in [2.05, 4.69) is 4.98 Å². The molecule has 0 atom stereocenters. The molecule has 0 spiro atoms. The van der Waals surface area contributed by atoms with Crippen LogP contribution in [0.15, 0.2) is 18.3 Å². The number of rotatable bonds is 3. The van der Waals surface area contributed by atoms with Crippen LogP contribution in [0.3, 0.4) is 0 Å². The van der Waals surface area contributed by atoms with Gasteiger partial charge in [-0.2, -0.15) is 0 Å². The number of hydrogen-bond donors (Lipinski definition) is 2. The zero-order valence-electron chi connectivity index (χ0n) is 8.38. The molecule has 0 saturated heterocycles. The van der Waals surface area contributed by atoms with Crippen molar-refractivity contribution in [1.82, 2.24) is 4.98 Å². The van der Waals surface area contributed by atoms with Gasteiger partial charge in [0.05, 0.1) is 17.6 Å². The fraction of sp³-hybridized carbons (Fsp3) is 0.273. The maximum absolute atomic E-state index is 8.93. The van der Waals surface area contributed by atoms with Crippen LogP contribution >= 0.6 is 11.6 Å². The Morgan fingerprint density at radius 3 is 2.93 bits per heavy atom. The molecule has 15 heavy (non-hydrogen) atoms. The quantitative estimate of drug-likeness (QED) is 0.843. The summed E-state index contributed by atoms with van der Waals surface area (Å²) in [6, 6.07) is 3.63. The molecule has 2 aromatic rings. The molecule has 0 aliphatic heterocycles. The van der Waals surface area contributed by atoms with E-state index >= 15 is 0 Å². The Morgan fingerprint density at radius 1 is 1.47 bits per heavy atom. The molecule has 0 unspecified atom stereocenters. The molecule has 1 aromatic heterocycles. The number of aromatic nitrogens is 1. The lowest BCUT2D eigenvalue weighted by Gasteiger charge is -2.03. The fourth-order valence-corrected chi connectivity index (χ4v) is 2.01. The number of H-pyrrole nitrogens is 1. The molecule has 0 aliphatic rings. The van der Waals surface area contributed by atoms with E-state index in [4.69, 9.17) is 21.4 Å². The number of methoxy groups -OCH3 is 1. The zero-order valence-corrected chi connectivity index (χ0v) is 9.14. The van der Waals surface area contributed by atoms with Gasteiger partial charge in [-0.25, -0.2) is 0 Å². The third-order valence-corrected chi connectivity index (χ3v) is 2.74. The van der Waals surface area contributed by atoms with Crippen molar-refractivity contribution >= 4 is 22.5 Å². The van der Waals surface area contributed by atoms with Crippen molar-refractivity contribution in [2.75, 3.05) is 13.7 Å². The summed E-state index contributed by atoms with van der Waals surface area (Å²) in [5.74, 6) is 0.763. The summed E-state index contributed by atoms with van der Waals surface area (Å²) >= 11 is 6.11. The van der Waals surface area contributed by atoms with Crippen molar-refractivity contribution in [3.8, 4) is 5.75 Å². The molecular formula is C11H12ClNO2. The molecule has 0 fully saturated rings. The predicted octanol–water partition coefficient (Wildman–Crippen LogP) is 2.36. The first-order chi connectivity index (χ1) is 7.27. The van der Waals surface area contributed by atoms with Crippen molar-refractivity contribution in [2.24, 2.45) is 0 Å². The average Bonchev–Trinajstić information content (AvgIpc) is 2.64. The van der Waals surface area contributed by atoms with Gasteiger partial charge in [0, 0.05) is 18.2 Å². The second-order valence-electron chi connectivity index (χ2n) is 3.29. The van der Waals surface area contributed by atoms with Crippen LogP contribution in [0, 0.1) is 0 Å². The van der Waals surface area contributed by atoms with Crippen LogP contribution in [0.4, 0.5) is 0 Å². The first kappa shape index (κ1) is 10.3. The molecular weight excluding hydrogens is 214 g/mol. The van der Waals surface area contributed by atoms with E-state index in [0.717, 1.165) is 22.2 Å². The van der Waals surface area contributed by atoms with Gasteiger partial charge in [-0.1, -0.05) is 11.6 Å². The number of aliphatic hydroxyl groups is 1. The smallest absolute Gasteiger partial charge is 0.143 e. The number of nitrogens with one attached hydrogen (secondary N) is 1. The zero-order chi connectivity index (χ0) is 10.8. The summed E-state index contributed by atoms with van der Waals surface area (Å²) in [6.45, 7) is 0.112. The monoisotopic (exact) mass is 225 g/mol. The number of aliphatic hydroxyl groups excluding tert-OH is 1. The summed E-state index contributed by atoms with van der Waals surface area (Å²) in [5, 5.41) is 10.5. The molecule has 0 saturated carbocycles. The van der Waals surface area contributed by atoms with Crippen molar-refractivity contribution in [2.45, 2.75) is 6.42 Å². The van der Waals surface area contributed by atoms with E-state index in [1.165, 1.54) is 0 Å². The Labute approximate surface area is 92.6 Å². The van der Waals surface area contributed by atoms with Crippen molar-refractivity contribution in [3.05, 3.63) is 28.9 Å². The summed E-state index contributed by atoms with van der Waals surface area (Å²) < 4.78 is 5.22. The molecule has 80 valence electrons. The Bertz CT molecular complexity index is 479. The normalized spacial score (nSPS) is 10.9. The van der Waals surface area contributed by atoms with Gasteiger partial charge in [0.2, 0.25) is 0 Å². The van der Waals surface area contributed by atoms with E-state index in [1.54, 1.807) is 13.2 Å². The third kappa shape index (κ3) is 1.68. The van der Waals surface area contributed by atoms with Crippen molar-refractivity contribution in [3.63, 3.8) is 0 Å². The predicted molar refractivity (Wildman–Crippen MR) is 60.7 cm³/mol. The first-order valence-electron chi connectivity index (χ1n) is 4.71. The lowest BCUT2D eigenvalue weighted by Crippen LogP contribution is -1.89. The highest BCUT2D eigenvalue weighted by molar-refractivity contribution is 6.36. The summed E-state index contributed by atoms with van der Waals surface area (Å²) in [5.41, 5.74) is 1.89. The second-order valence-corrected chi connectivity index (χ2v) is 3.69. The minimum atomic E-state index is 0.112. The molecule has 1 heterocycles.